The summed E-state index contributed by atoms with van der Waals surface area (Å²) in [6.07, 6.45) is 0. The molecule has 1 N–H and O–H groups in total. The smallest absolute Gasteiger partial charge is 0.258 e. The molecule has 4 aromatic carbocycles. The van der Waals surface area contributed by atoms with Crippen molar-refractivity contribution < 1.29 is 9.59 Å². The van der Waals surface area contributed by atoms with Gasteiger partial charge in [-0.3, -0.25) is 9.59 Å². The van der Waals surface area contributed by atoms with Gasteiger partial charge in [0.25, 0.3) is 11.8 Å². The summed E-state index contributed by atoms with van der Waals surface area (Å²) in [5.74, 6) is -0.485. The minimum absolute atomic E-state index is 0.163. The van der Waals surface area contributed by atoms with Crippen LogP contribution in [-0.4, -0.2) is 11.8 Å². The maximum Gasteiger partial charge on any atom is 0.258 e. The molecule has 32 heavy (non-hydrogen) atoms. The van der Waals surface area contributed by atoms with E-state index in [0.717, 1.165) is 22.4 Å². The molecule has 4 nitrogen and oxygen atoms in total. The third kappa shape index (κ3) is 3.66. The van der Waals surface area contributed by atoms with Crippen LogP contribution in [0.1, 0.15) is 26.3 Å². The summed E-state index contributed by atoms with van der Waals surface area (Å²) in [5.41, 5.74) is 5.53. The van der Waals surface area contributed by atoms with E-state index >= 15 is 0 Å². The second kappa shape index (κ2) is 8.33. The van der Waals surface area contributed by atoms with Crippen LogP contribution in [0.2, 0.25) is 5.02 Å². The third-order valence-electron chi connectivity index (χ3n) is 5.57. The van der Waals surface area contributed by atoms with E-state index in [1.807, 2.05) is 60.7 Å². The van der Waals surface area contributed by atoms with Gasteiger partial charge >= 0.3 is 0 Å². The molecule has 1 aliphatic heterocycles. The van der Waals surface area contributed by atoms with Crippen molar-refractivity contribution in [1.29, 1.82) is 0 Å². The largest absolute Gasteiger partial charge is 0.322 e. The lowest BCUT2D eigenvalue weighted by atomic mass is 9.93. The molecule has 0 radical (unpaired) electrons. The van der Waals surface area contributed by atoms with E-state index in [2.05, 4.69) is 11.4 Å². The van der Waals surface area contributed by atoms with Crippen LogP contribution >= 0.6 is 11.6 Å². The van der Waals surface area contributed by atoms with E-state index in [1.54, 1.807) is 35.2 Å². The number of hydrogen-bond donors (Lipinski definition) is 1. The fourth-order valence-corrected chi connectivity index (χ4v) is 4.27. The molecular formula is C27H19ClN2O2. The lowest BCUT2D eigenvalue weighted by Gasteiger charge is -2.31. The Morgan fingerprint density at radius 1 is 0.781 bits per heavy atom. The zero-order valence-electron chi connectivity index (χ0n) is 17.1. The van der Waals surface area contributed by atoms with Gasteiger partial charge in [0.05, 0.1) is 22.8 Å². The van der Waals surface area contributed by atoms with Gasteiger partial charge in [-0.15, -0.1) is 0 Å². The van der Waals surface area contributed by atoms with Gasteiger partial charge in [0.15, 0.2) is 0 Å². The van der Waals surface area contributed by atoms with Crippen LogP contribution in [-0.2, 0) is 6.54 Å². The summed E-state index contributed by atoms with van der Waals surface area (Å²) in [7, 11) is 0. The highest BCUT2D eigenvalue weighted by Crippen LogP contribution is 2.39. The molecule has 0 aromatic heterocycles. The van der Waals surface area contributed by atoms with E-state index in [1.165, 1.54) is 0 Å². The van der Waals surface area contributed by atoms with Gasteiger partial charge in [0.2, 0.25) is 0 Å². The molecule has 0 spiro atoms. The molecule has 0 bridgehead atoms. The monoisotopic (exact) mass is 438 g/mol. The van der Waals surface area contributed by atoms with Crippen LogP contribution in [0.25, 0.3) is 11.1 Å². The highest BCUT2D eigenvalue weighted by Gasteiger charge is 2.27. The minimum Gasteiger partial charge on any atom is -0.322 e. The molecule has 0 saturated carbocycles. The predicted molar refractivity (Wildman–Crippen MR) is 128 cm³/mol. The van der Waals surface area contributed by atoms with E-state index in [4.69, 9.17) is 11.6 Å². The molecule has 0 unspecified atom stereocenters. The van der Waals surface area contributed by atoms with Crippen LogP contribution in [0.15, 0.2) is 97.1 Å². The van der Waals surface area contributed by atoms with Gasteiger partial charge in [-0.1, -0.05) is 72.3 Å². The van der Waals surface area contributed by atoms with Gasteiger partial charge in [0.1, 0.15) is 0 Å². The summed E-state index contributed by atoms with van der Waals surface area (Å²) < 4.78 is 0. The van der Waals surface area contributed by atoms with E-state index < -0.39 is 0 Å². The van der Waals surface area contributed by atoms with Crippen molar-refractivity contribution in [3.05, 3.63) is 119 Å². The van der Waals surface area contributed by atoms with Crippen molar-refractivity contribution in [2.45, 2.75) is 6.54 Å². The lowest BCUT2D eigenvalue weighted by molar-refractivity contribution is 0.0981. The highest BCUT2D eigenvalue weighted by atomic mass is 35.5. The lowest BCUT2D eigenvalue weighted by Crippen LogP contribution is -2.33. The zero-order chi connectivity index (χ0) is 22.1. The number of benzene rings is 4. The number of nitrogens with zero attached hydrogens (tertiary/aromatic N) is 1. The first-order valence-corrected chi connectivity index (χ1v) is 10.6. The fourth-order valence-electron chi connectivity index (χ4n) is 4.00. The SMILES string of the molecule is O=C(Nc1ccccc1)c1ccc(C(=O)N2Cc3ccccc3-c3ccccc32)cc1Cl. The number of carbonyl (C=O) groups excluding carboxylic acids is 2. The number of carbonyl (C=O) groups is 2. The Balaban J connectivity index is 1.44. The van der Waals surface area contributed by atoms with Gasteiger partial charge in [-0.2, -0.15) is 0 Å². The number of nitrogens with one attached hydrogen (secondary N) is 1. The summed E-state index contributed by atoms with van der Waals surface area (Å²) in [6, 6.07) is 29.9. The molecule has 0 saturated heterocycles. The van der Waals surface area contributed by atoms with E-state index in [0.29, 0.717) is 23.4 Å². The number of halogens is 1. The summed E-state index contributed by atoms with van der Waals surface area (Å²) >= 11 is 6.42. The maximum atomic E-state index is 13.5. The average molecular weight is 439 g/mol. The maximum absolute atomic E-state index is 13.5. The third-order valence-corrected chi connectivity index (χ3v) is 5.88. The Morgan fingerprint density at radius 3 is 2.25 bits per heavy atom. The Hall–Kier alpha value is -3.89. The average Bonchev–Trinajstić information content (AvgIpc) is 2.83. The van der Waals surface area contributed by atoms with Crippen LogP contribution in [0.3, 0.4) is 0 Å². The van der Waals surface area contributed by atoms with Crippen molar-refractivity contribution >= 4 is 34.8 Å². The molecule has 5 rings (SSSR count). The van der Waals surface area contributed by atoms with Gasteiger partial charge < -0.3 is 10.2 Å². The van der Waals surface area contributed by atoms with Crippen LogP contribution < -0.4 is 10.2 Å². The molecule has 5 heteroatoms. The molecule has 4 aromatic rings. The Kier molecular flexibility index (Phi) is 5.21. The number of amides is 2. The van der Waals surface area contributed by atoms with Crippen molar-refractivity contribution in [2.24, 2.45) is 0 Å². The molecule has 2 amide bonds. The van der Waals surface area contributed by atoms with E-state index in [-0.39, 0.29) is 16.8 Å². The topological polar surface area (TPSA) is 49.4 Å². The predicted octanol–water partition coefficient (Wildman–Crippen LogP) is 6.42. The molecule has 0 atom stereocenters. The van der Waals surface area contributed by atoms with Gasteiger partial charge in [0, 0.05) is 16.8 Å². The summed E-state index contributed by atoms with van der Waals surface area (Å²) in [6.45, 7) is 0.472. The van der Waals surface area contributed by atoms with Gasteiger partial charge in [-0.05, 0) is 47.5 Å². The first-order chi connectivity index (χ1) is 15.6. The first-order valence-electron chi connectivity index (χ1n) is 10.3. The molecule has 0 aliphatic carbocycles. The summed E-state index contributed by atoms with van der Waals surface area (Å²) in [5, 5.41) is 3.05. The normalized spacial score (nSPS) is 12.0. The minimum atomic E-state index is -0.322. The second-order valence-corrected chi connectivity index (χ2v) is 7.99. The number of para-hydroxylation sites is 2. The van der Waals surface area contributed by atoms with Gasteiger partial charge in [-0.25, -0.2) is 0 Å². The first kappa shape index (κ1) is 20.0. The Labute approximate surface area is 191 Å². The molecule has 1 aliphatic rings. The van der Waals surface area contributed by atoms with Crippen LogP contribution in [0.4, 0.5) is 11.4 Å². The number of anilines is 2. The number of rotatable bonds is 3. The van der Waals surface area contributed by atoms with Crippen molar-refractivity contribution in [2.75, 3.05) is 10.2 Å². The van der Waals surface area contributed by atoms with E-state index in [9.17, 15) is 9.59 Å². The molecule has 1 heterocycles. The quantitative estimate of drug-likeness (QED) is 0.401. The second-order valence-electron chi connectivity index (χ2n) is 7.58. The Morgan fingerprint density at radius 2 is 1.47 bits per heavy atom. The number of fused-ring (bicyclic) bond motifs is 3. The summed E-state index contributed by atoms with van der Waals surface area (Å²) in [4.78, 5) is 27.8. The fraction of sp³-hybridized carbons (Fsp3) is 0.0370. The van der Waals surface area contributed by atoms with Crippen LogP contribution in [0, 0.1) is 0 Å². The molecule has 0 fully saturated rings. The number of hydrogen-bond acceptors (Lipinski definition) is 2. The van der Waals surface area contributed by atoms with Crippen LogP contribution in [0.5, 0.6) is 0 Å². The standard InChI is InChI=1S/C27H19ClN2O2/c28-24-16-18(14-15-23(24)26(31)29-20-9-2-1-3-10-20)27(32)30-17-19-8-4-5-11-21(19)22-12-6-7-13-25(22)30/h1-16H,17H2,(H,29,31). The Bertz CT molecular complexity index is 1330. The molecular weight excluding hydrogens is 420 g/mol. The zero-order valence-corrected chi connectivity index (χ0v) is 17.8. The van der Waals surface area contributed by atoms with Crippen molar-refractivity contribution in [3.8, 4) is 11.1 Å². The molecule has 156 valence electrons. The van der Waals surface area contributed by atoms with Crippen molar-refractivity contribution in [1.82, 2.24) is 0 Å². The van der Waals surface area contributed by atoms with Crippen molar-refractivity contribution in [3.63, 3.8) is 0 Å². The highest BCUT2D eigenvalue weighted by molar-refractivity contribution is 6.35.